The first-order valence-corrected chi connectivity index (χ1v) is 9.71. The van der Waals surface area contributed by atoms with Crippen LogP contribution in [0.2, 0.25) is 0 Å². The van der Waals surface area contributed by atoms with Gasteiger partial charge in [-0.3, -0.25) is 9.59 Å². The molecule has 0 aromatic carbocycles. The monoisotopic (exact) mass is 340 g/mol. The summed E-state index contributed by atoms with van der Waals surface area (Å²) in [4.78, 5) is 28.8. The van der Waals surface area contributed by atoms with Crippen LogP contribution >= 0.6 is 23.1 Å². The first-order valence-electron chi connectivity index (χ1n) is 7.74. The molecule has 3 rings (SSSR count). The molecule has 120 valence electrons. The number of thioether (sulfide) groups is 1. The molecule has 0 radical (unpaired) electrons. The quantitative estimate of drug-likeness (QED) is 0.892. The largest absolute Gasteiger partial charge is 0.377 e. The van der Waals surface area contributed by atoms with Gasteiger partial charge in [-0.2, -0.15) is 0 Å². The number of nitrogens with one attached hydrogen (secondary N) is 1. The number of hydrogen-bond acceptors (Lipinski definition) is 6. The number of hydrogen-bond donors (Lipinski definition) is 1. The molecule has 2 aliphatic rings. The minimum absolute atomic E-state index is 0.0562. The van der Waals surface area contributed by atoms with Gasteiger partial charge in [0.25, 0.3) is 0 Å². The van der Waals surface area contributed by atoms with Gasteiger partial charge >= 0.3 is 0 Å². The molecule has 1 aromatic heterocycles. The van der Waals surface area contributed by atoms with Crippen LogP contribution in [0.25, 0.3) is 0 Å². The van der Waals surface area contributed by atoms with Crippen molar-refractivity contribution in [2.75, 3.05) is 23.4 Å². The van der Waals surface area contributed by atoms with Crippen LogP contribution in [0.5, 0.6) is 0 Å². The molecule has 2 heterocycles. The Labute approximate surface area is 138 Å². The van der Waals surface area contributed by atoms with Crippen LogP contribution in [0.4, 0.5) is 5.13 Å². The number of amides is 1. The summed E-state index contributed by atoms with van der Waals surface area (Å²) >= 11 is 2.90. The molecule has 1 aromatic rings. The fourth-order valence-electron chi connectivity index (χ4n) is 2.70. The minimum atomic E-state index is -0.0562. The third-order valence-electron chi connectivity index (χ3n) is 3.83. The molecule has 0 spiro atoms. The van der Waals surface area contributed by atoms with Crippen LogP contribution < -0.4 is 5.32 Å². The smallest absolute Gasteiger partial charge is 0.236 e. The average Bonchev–Trinajstić information content (AvgIpc) is 2.92. The van der Waals surface area contributed by atoms with E-state index in [1.807, 2.05) is 0 Å². The number of nitrogens with zero attached hydrogens (tertiary/aromatic N) is 1. The number of anilines is 1. The number of ether oxygens (including phenoxy) is 1. The van der Waals surface area contributed by atoms with Crippen LogP contribution in [0.1, 0.15) is 47.5 Å². The van der Waals surface area contributed by atoms with Crippen molar-refractivity contribution < 1.29 is 14.3 Å². The van der Waals surface area contributed by atoms with Crippen molar-refractivity contribution in [3.05, 3.63) is 10.6 Å². The second-order valence-electron chi connectivity index (χ2n) is 5.62. The number of fused-ring (bicyclic) bond motifs is 1. The number of carbonyl (C=O) groups excluding carboxylic acids is 2. The van der Waals surface area contributed by atoms with E-state index in [1.165, 1.54) is 17.8 Å². The molecule has 5 nitrogen and oxygen atoms in total. The summed E-state index contributed by atoms with van der Waals surface area (Å²) in [6, 6.07) is 0. The standard InChI is InChI=1S/C15H20N2O3S2/c18-12-6-3-5-11-14(12)22-15(16-11)17-13(19)9-21-8-10-4-1-2-7-20-10/h10H,1-9H2,(H,16,17,19). The van der Waals surface area contributed by atoms with Gasteiger partial charge in [-0.25, -0.2) is 4.98 Å². The Morgan fingerprint density at radius 3 is 3.05 bits per heavy atom. The molecule has 22 heavy (non-hydrogen) atoms. The van der Waals surface area contributed by atoms with E-state index in [0.29, 0.717) is 17.3 Å². The van der Waals surface area contributed by atoms with Crippen molar-refractivity contribution in [2.45, 2.75) is 44.6 Å². The summed E-state index contributed by atoms with van der Waals surface area (Å²) in [6.07, 6.45) is 6.04. The van der Waals surface area contributed by atoms with Gasteiger partial charge in [0, 0.05) is 18.8 Å². The number of ketones is 1. The highest BCUT2D eigenvalue weighted by Crippen LogP contribution is 2.29. The molecule has 0 saturated carbocycles. The Morgan fingerprint density at radius 1 is 1.36 bits per heavy atom. The van der Waals surface area contributed by atoms with Crippen molar-refractivity contribution >= 4 is 39.9 Å². The van der Waals surface area contributed by atoms with E-state index >= 15 is 0 Å². The van der Waals surface area contributed by atoms with E-state index in [9.17, 15) is 9.59 Å². The number of rotatable bonds is 5. The summed E-state index contributed by atoms with van der Waals surface area (Å²) in [5, 5.41) is 3.37. The zero-order valence-electron chi connectivity index (χ0n) is 12.4. The number of aryl methyl sites for hydroxylation is 1. The molecule has 7 heteroatoms. The van der Waals surface area contributed by atoms with Gasteiger partial charge in [0.15, 0.2) is 10.9 Å². The van der Waals surface area contributed by atoms with Crippen molar-refractivity contribution in [3.8, 4) is 0 Å². The Hall–Kier alpha value is -0.920. The van der Waals surface area contributed by atoms with Crippen LogP contribution in [0, 0.1) is 0 Å². The topological polar surface area (TPSA) is 68.3 Å². The molecule has 1 unspecified atom stereocenters. The maximum absolute atomic E-state index is 12.0. The van der Waals surface area contributed by atoms with Crippen LogP contribution in [-0.2, 0) is 16.0 Å². The van der Waals surface area contributed by atoms with E-state index in [-0.39, 0.29) is 17.8 Å². The first-order chi connectivity index (χ1) is 10.7. The van der Waals surface area contributed by atoms with Gasteiger partial charge < -0.3 is 10.1 Å². The summed E-state index contributed by atoms with van der Waals surface area (Å²) in [5.74, 6) is 1.36. The Morgan fingerprint density at radius 2 is 2.27 bits per heavy atom. The maximum Gasteiger partial charge on any atom is 0.236 e. The highest BCUT2D eigenvalue weighted by atomic mass is 32.2. The van der Waals surface area contributed by atoms with Gasteiger partial charge in [0.05, 0.1) is 22.4 Å². The van der Waals surface area contributed by atoms with E-state index < -0.39 is 0 Å². The predicted molar refractivity (Wildman–Crippen MR) is 88.9 cm³/mol. The zero-order chi connectivity index (χ0) is 15.4. The predicted octanol–water partition coefficient (Wildman–Crippen LogP) is 2.90. The van der Waals surface area contributed by atoms with Gasteiger partial charge in [-0.05, 0) is 32.1 Å². The summed E-state index contributed by atoms with van der Waals surface area (Å²) in [7, 11) is 0. The van der Waals surface area contributed by atoms with E-state index in [0.717, 1.165) is 48.6 Å². The SMILES string of the molecule is O=C(CSCC1CCCCO1)Nc1nc2c(s1)C(=O)CCC2. The number of Topliss-reactive ketones (excluding diaryl/α,β-unsaturated/α-hetero) is 1. The van der Waals surface area contributed by atoms with Gasteiger partial charge in [0.1, 0.15) is 0 Å². The summed E-state index contributed by atoms with van der Waals surface area (Å²) < 4.78 is 5.64. The van der Waals surface area contributed by atoms with Crippen LogP contribution in [-0.4, -0.2) is 40.9 Å². The summed E-state index contributed by atoms with van der Waals surface area (Å²) in [6.45, 7) is 0.843. The molecule has 1 saturated heterocycles. The third-order valence-corrected chi connectivity index (χ3v) is 5.95. The van der Waals surface area contributed by atoms with Gasteiger partial charge in [0.2, 0.25) is 5.91 Å². The lowest BCUT2D eigenvalue weighted by molar-refractivity contribution is -0.113. The van der Waals surface area contributed by atoms with Crippen molar-refractivity contribution in [1.29, 1.82) is 0 Å². The second-order valence-corrected chi connectivity index (χ2v) is 7.65. The van der Waals surface area contributed by atoms with Crippen LogP contribution in [0.15, 0.2) is 0 Å². The molecule has 1 atom stereocenters. The first kappa shape index (κ1) is 16.0. The lowest BCUT2D eigenvalue weighted by Gasteiger charge is -2.21. The van der Waals surface area contributed by atoms with Crippen molar-refractivity contribution in [1.82, 2.24) is 4.98 Å². The molecule has 0 bridgehead atoms. The van der Waals surface area contributed by atoms with E-state index in [2.05, 4.69) is 10.3 Å². The fourth-order valence-corrected chi connectivity index (χ4v) is 4.60. The zero-order valence-corrected chi connectivity index (χ0v) is 14.1. The maximum atomic E-state index is 12.0. The molecule has 1 N–H and O–H groups in total. The minimum Gasteiger partial charge on any atom is -0.377 e. The Bertz CT molecular complexity index is 553. The van der Waals surface area contributed by atoms with Crippen LogP contribution in [0.3, 0.4) is 0 Å². The number of carbonyl (C=O) groups is 2. The molecule has 1 fully saturated rings. The van der Waals surface area contributed by atoms with Gasteiger partial charge in [-0.15, -0.1) is 11.8 Å². The van der Waals surface area contributed by atoms with E-state index in [4.69, 9.17) is 4.74 Å². The average molecular weight is 340 g/mol. The molecular formula is C15H20N2O3S2. The molecular weight excluding hydrogens is 320 g/mol. The third kappa shape index (κ3) is 4.08. The number of aromatic nitrogens is 1. The highest BCUT2D eigenvalue weighted by molar-refractivity contribution is 8.00. The van der Waals surface area contributed by atoms with Crippen molar-refractivity contribution in [3.63, 3.8) is 0 Å². The molecule has 1 aliphatic heterocycles. The number of thiazole rings is 1. The van der Waals surface area contributed by atoms with Crippen molar-refractivity contribution in [2.24, 2.45) is 0 Å². The second kappa shape index (κ2) is 7.57. The van der Waals surface area contributed by atoms with E-state index in [1.54, 1.807) is 11.8 Å². The fraction of sp³-hybridized carbons (Fsp3) is 0.667. The Kier molecular flexibility index (Phi) is 5.49. The Balaban J connectivity index is 1.44. The van der Waals surface area contributed by atoms with Gasteiger partial charge in [-0.1, -0.05) is 11.3 Å². The normalized spacial score (nSPS) is 21.5. The lowest BCUT2D eigenvalue weighted by atomic mass is 10.0. The highest BCUT2D eigenvalue weighted by Gasteiger charge is 2.22. The molecule has 1 amide bonds. The molecule has 1 aliphatic carbocycles. The lowest BCUT2D eigenvalue weighted by Crippen LogP contribution is -2.22. The summed E-state index contributed by atoms with van der Waals surface area (Å²) in [5.41, 5.74) is 0.847.